The Balaban J connectivity index is 1.92. The number of amides is 1. The molecule has 27 heavy (non-hydrogen) atoms. The monoisotopic (exact) mass is 385 g/mol. The Labute approximate surface area is 159 Å². The maximum absolute atomic E-state index is 12.7. The Kier molecular flexibility index (Phi) is 5.09. The van der Waals surface area contributed by atoms with Gasteiger partial charge in [-0.15, -0.1) is 11.3 Å². The largest absolute Gasteiger partial charge is 0.465 e. The third kappa shape index (κ3) is 3.48. The molecule has 0 saturated carbocycles. The number of fused-ring (bicyclic) bond motifs is 1. The van der Waals surface area contributed by atoms with Crippen LogP contribution in [0.25, 0.3) is 10.9 Å². The summed E-state index contributed by atoms with van der Waals surface area (Å²) in [5.74, 6) is -0.475. The first-order valence-electron chi connectivity index (χ1n) is 8.27. The van der Waals surface area contributed by atoms with Gasteiger partial charge in [-0.2, -0.15) is 0 Å². The van der Waals surface area contributed by atoms with Crippen LogP contribution in [0.5, 0.6) is 0 Å². The number of nitrogens with one attached hydrogen (secondary N) is 1. The van der Waals surface area contributed by atoms with Gasteiger partial charge in [0.25, 0.3) is 5.56 Å². The molecule has 0 unspecified atom stereocenters. The van der Waals surface area contributed by atoms with Crippen LogP contribution in [0, 0.1) is 20.8 Å². The van der Waals surface area contributed by atoms with E-state index in [2.05, 4.69) is 10.3 Å². The SMILES string of the molecule is COC(=O)c1c(NC(=O)Cn2c(C)nc3ccccc3c2=O)sc(C)c1C. The van der Waals surface area contributed by atoms with Gasteiger partial charge in [0.1, 0.15) is 17.4 Å². The fraction of sp³-hybridized carbons (Fsp3) is 0.263. The van der Waals surface area contributed by atoms with Crippen LogP contribution < -0.4 is 10.9 Å². The number of benzene rings is 1. The molecule has 0 saturated heterocycles. The van der Waals surface area contributed by atoms with Crippen molar-refractivity contribution in [2.75, 3.05) is 12.4 Å². The minimum Gasteiger partial charge on any atom is -0.465 e. The van der Waals surface area contributed by atoms with E-state index in [-0.39, 0.29) is 12.1 Å². The number of hydrogen-bond acceptors (Lipinski definition) is 6. The molecule has 0 atom stereocenters. The predicted molar refractivity (Wildman–Crippen MR) is 105 cm³/mol. The number of anilines is 1. The van der Waals surface area contributed by atoms with Gasteiger partial charge in [-0.05, 0) is 38.5 Å². The topological polar surface area (TPSA) is 90.3 Å². The van der Waals surface area contributed by atoms with Crippen molar-refractivity contribution < 1.29 is 14.3 Å². The lowest BCUT2D eigenvalue weighted by Gasteiger charge is -2.11. The van der Waals surface area contributed by atoms with Gasteiger partial charge in [-0.3, -0.25) is 14.2 Å². The summed E-state index contributed by atoms with van der Waals surface area (Å²) in [6, 6.07) is 7.00. The van der Waals surface area contributed by atoms with Gasteiger partial charge in [0.2, 0.25) is 5.91 Å². The van der Waals surface area contributed by atoms with Gasteiger partial charge < -0.3 is 10.1 Å². The fourth-order valence-corrected chi connectivity index (χ4v) is 3.90. The number of hydrogen-bond donors (Lipinski definition) is 1. The molecule has 1 N–H and O–H groups in total. The third-order valence-corrected chi connectivity index (χ3v) is 5.50. The number of nitrogens with zero attached hydrogens (tertiary/aromatic N) is 2. The number of carbonyl (C=O) groups excluding carboxylic acids is 2. The van der Waals surface area contributed by atoms with Crippen LogP contribution in [-0.2, 0) is 16.1 Å². The first-order valence-corrected chi connectivity index (χ1v) is 9.09. The number of aromatic nitrogens is 2. The summed E-state index contributed by atoms with van der Waals surface area (Å²) in [4.78, 5) is 42.6. The molecule has 0 aliphatic carbocycles. The molecule has 0 spiro atoms. The second kappa shape index (κ2) is 7.32. The molecule has 2 aromatic heterocycles. The van der Waals surface area contributed by atoms with Crippen molar-refractivity contribution >= 4 is 39.1 Å². The highest BCUT2D eigenvalue weighted by molar-refractivity contribution is 7.16. The smallest absolute Gasteiger partial charge is 0.341 e. The van der Waals surface area contributed by atoms with Gasteiger partial charge in [0.15, 0.2) is 0 Å². The number of thiophene rings is 1. The summed E-state index contributed by atoms with van der Waals surface area (Å²) >= 11 is 1.30. The van der Waals surface area contributed by atoms with E-state index < -0.39 is 11.9 Å². The predicted octanol–water partition coefficient (Wildman–Crippen LogP) is 2.81. The number of esters is 1. The van der Waals surface area contributed by atoms with E-state index in [9.17, 15) is 14.4 Å². The highest BCUT2D eigenvalue weighted by Crippen LogP contribution is 2.32. The van der Waals surface area contributed by atoms with Gasteiger partial charge in [0, 0.05) is 4.88 Å². The van der Waals surface area contributed by atoms with E-state index in [0.29, 0.717) is 27.3 Å². The zero-order chi connectivity index (χ0) is 19.7. The van der Waals surface area contributed by atoms with E-state index in [1.807, 2.05) is 6.92 Å². The lowest BCUT2D eigenvalue weighted by molar-refractivity contribution is -0.116. The Bertz CT molecular complexity index is 1110. The number of aryl methyl sites for hydroxylation is 2. The molecule has 8 heteroatoms. The van der Waals surface area contributed by atoms with E-state index in [4.69, 9.17) is 4.74 Å². The molecule has 3 rings (SSSR count). The van der Waals surface area contributed by atoms with Crippen molar-refractivity contribution in [2.45, 2.75) is 27.3 Å². The normalized spacial score (nSPS) is 10.8. The minimum atomic E-state index is -0.507. The number of carbonyl (C=O) groups is 2. The quantitative estimate of drug-likeness (QED) is 0.698. The van der Waals surface area contributed by atoms with Crippen LogP contribution in [0.2, 0.25) is 0 Å². The molecule has 1 amide bonds. The second-order valence-corrected chi connectivity index (χ2v) is 7.32. The Morgan fingerprint density at radius 2 is 1.93 bits per heavy atom. The van der Waals surface area contributed by atoms with Crippen LogP contribution in [0.3, 0.4) is 0 Å². The maximum atomic E-state index is 12.7. The Morgan fingerprint density at radius 3 is 2.63 bits per heavy atom. The van der Waals surface area contributed by atoms with Crippen LogP contribution >= 0.6 is 11.3 Å². The molecule has 0 aliphatic heterocycles. The lowest BCUT2D eigenvalue weighted by atomic mass is 10.1. The zero-order valence-electron chi connectivity index (χ0n) is 15.5. The molecule has 7 nitrogen and oxygen atoms in total. The van der Waals surface area contributed by atoms with Crippen LogP contribution in [0.4, 0.5) is 5.00 Å². The molecule has 3 aromatic rings. The van der Waals surface area contributed by atoms with Crippen molar-refractivity contribution in [3.63, 3.8) is 0 Å². The van der Waals surface area contributed by atoms with Gasteiger partial charge in [0.05, 0.1) is 23.6 Å². The third-order valence-electron chi connectivity index (χ3n) is 4.38. The summed E-state index contributed by atoms with van der Waals surface area (Å²) in [6.45, 7) is 5.15. The average Bonchev–Trinajstić information content (AvgIpc) is 2.91. The van der Waals surface area contributed by atoms with Crippen molar-refractivity contribution in [1.82, 2.24) is 9.55 Å². The van der Waals surface area contributed by atoms with Crippen LogP contribution in [0.1, 0.15) is 26.6 Å². The number of methoxy groups -OCH3 is 1. The molecular weight excluding hydrogens is 366 g/mol. The molecule has 1 aromatic carbocycles. The molecule has 0 aliphatic rings. The lowest BCUT2D eigenvalue weighted by Crippen LogP contribution is -2.30. The maximum Gasteiger partial charge on any atom is 0.341 e. The van der Waals surface area contributed by atoms with E-state index >= 15 is 0 Å². The molecule has 0 bridgehead atoms. The minimum absolute atomic E-state index is 0.195. The summed E-state index contributed by atoms with van der Waals surface area (Å²) in [5, 5.41) is 3.60. The molecule has 2 heterocycles. The summed E-state index contributed by atoms with van der Waals surface area (Å²) in [7, 11) is 1.30. The van der Waals surface area contributed by atoms with Gasteiger partial charge in [-0.1, -0.05) is 12.1 Å². The van der Waals surface area contributed by atoms with E-state index in [0.717, 1.165) is 10.4 Å². The highest BCUT2D eigenvalue weighted by atomic mass is 32.1. The number of para-hydroxylation sites is 1. The zero-order valence-corrected chi connectivity index (χ0v) is 16.3. The standard InChI is InChI=1S/C19H19N3O4S/c1-10-11(2)27-17(16(10)19(25)26-4)21-15(23)9-22-12(3)20-14-8-6-5-7-13(14)18(22)24/h5-8H,9H2,1-4H3,(H,21,23). The second-order valence-electron chi connectivity index (χ2n) is 6.09. The Morgan fingerprint density at radius 1 is 1.22 bits per heavy atom. The van der Waals surface area contributed by atoms with Gasteiger partial charge >= 0.3 is 5.97 Å². The van der Waals surface area contributed by atoms with Crippen molar-refractivity contribution in [3.8, 4) is 0 Å². The van der Waals surface area contributed by atoms with Gasteiger partial charge in [-0.25, -0.2) is 9.78 Å². The van der Waals surface area contributed by atoms with E-state index in [1.165, 1.54) is 23.0 Å². The first kappa shape index (κ1) is 18.8. The average molecular weight is 385 g/mol. The first-order chi connectivity index (χ1) is 12.8. The fourth-order valence-electron chi connectivity index (χ4n) is 2.84. The van der Waals surface area contributed by atoms with E-state index in [1.54, 1.807) is 38.1 Å². The number of ether oxygens (including phenoxy) is 1. The molecular formula is C19H19N3O4S. The van der Waals surface area contributed by atoms with Crippen molar-refractivity contribution in [3.05, 3.63) is 56.4 Å². The number of rotatable bonds is 4. The Hall–Kier alpha value is -3.00. The summed E-state index contributed by atoms with van der Waals surface area (Å²) < 4.78 is 6.13. The van der Waals surface area contributed by atoms with Crippen molar-refractivity contribution in [1.29, 1.82) is 0 Å². The van der Waals surface area contributed by atoms with Crippen LogP contribution in [-0.4, -0.2) is 28.5 Å². The summed E-state index contributed by atoms with van der Waals surface area (Å²) in [5.41, 5.74) is 1.42. The molecule has 140 valence electrons. The summed E-state index contributed by atoms with van der Waals surface area (Å²) in [6.07, 6.45) is 0. The molecule has 0 fully saturated rings. The van der Waals surface area contributed by atoms with Crippen molar-refractivity contribution in [2.24, 2.45) is 0 Å². The molecule has 0 radical (unpaired) electrons. The van der Waals surface area contributed by atoms with Crippen LogP contribution in [0.15, 0.2) is 29.1 Å². The highest BCUT2D eigenvalue weighted by Gasteiger charge is 2.22.